The van der Waals surface area contributed by atoms with Crippen LogP contribution in [0.3, 0.4) is 0 Å². The summed E-state index contributed by atoms with van der Waals surface area (Å²) in [5.74, 6) is 0. The highest BCUT2D eigenvalue weighted by atomic mass is 35.5. The fraction of sp³-hybridized carbons (Fsp3) is 0.300. The Morgan fingerprint density at radius 1 is 1.47 bits per heavy atom. The highest BCUT2D eigenvalue weighted by molar-refractivity contribution is 6.30. The largest absolute Gasteiger partial charge is 0.394 e. The summed E-state index contributed by atoms with van der Waals surface area (Å²) in [4.78, 5) is 11.3. The predicted octanol–water partition coefficient (Wildman–Crippen LogP) is 1.84. The van der Waals surface area contributed by atoms with Crippen molar-refractivity contribution in [2.45, 2.75) is 13.0 Å². The van der Waals surface area contributed by atoms with Crippen LogP contribution >= 0.6 is 11.6 Å². The molecule has 4 nitrogen and oxygen atoms in total. The molecule has 0 aliphatic rings. The first-order valence-corrected chi connectivity index (χ1v) is 4.93. The van der Waals surface area contributed by atoms with Crippen molar-refractivity contribution in [2.75, 3.05) is 11.9 Å². The van der Waals surface area contributed by atoms with E-state index in [0.29, 0.717) is 10.7 Å². The van der Waals surface area contributed by atoms with E-state index in [0.717, 1.165) is 0 Å². The van der Waals surface area contributed by atoms with Crippen LogP contribution < -0.4 is 10.6 Å². The highest BCUT2D eigenvalue weighted by Crippen LogP contribution is 2.12. The monoisotopic (exact) mass is 228 g/mol. The second-order valence-electron chi connectivity index (χ2n) is 3.19. The normalized spacial score (nSPS) is 11.9. The third-order valence-electron chi connectivity index (χ3n) is 1.75. The number of carbonyl (C=O) groups is 1. The second kappa shape index (κ2) is 5.58. The van der Waals surface area contributed by atoms with Crippen molar-refractivity contribution in [1.82, 2.24) is 5.32 Å². The minimum atomic E-state index is -0.348. The smallest absolute Gasteiger partial charge is 0.319 e. The van der Waals surface area contributed by atoms with Crippen LogP contribution in [0.25, 0.3) is 0 Å². The van der Waals surface area contributed by atoms with Crippen LogP contribution in [0.4, 0.5) is 10.5 Å². The summed E-state index contributed by atoms with van der Waals surface area (Å²) in [7, 11) is 0. The van der Waals surface area contributed by atoms with Gasteiger partial charge in [0.2, 0.25) is 0 Å². The van der Waals surface area contributed by atoms with E-state index in [1.807, 2.05) is 0 Å². The molecule has 2 amide bonds. The molecule has 15 heavy (non-hydrogen) atoms. The molecule has 1 atom stereocenters. The minimum Gasteiger partial charge on any atom is -0.394 e. The van der Waals surface area contributed by atoms with Crippen molar-refractivity contribution in [1.29, 1.82) is 0 Å². The summed E-state index contributed by atoms with van der Waals surface area (Å²) in [6, 6.07) is 6.16. The van der Waals surface area contributed by atoms with Gasteiger partial charge in [0.15, 0.2) is 0 Å². The summed E-state index contributed by atoms with van der Waals surface area (Å²) < 4.78 is 0. The van der Waals surface area contributed by atoms with E-state index in [9.17, 15) is 4.79 Å². The van der Waals surface area contributed by atoms with Crippen LogP contribution in [0.1, 0.15) is 6.92 Å². The first-order chi connectivity index (χ1) is 7.11. The van der Waals surface area contributed by atoms with Gasteiger partial charge >= 0.3 is 6.03 Å². The molecule has 0 radical (unpaired) electrons. The molecule has 1 aromatic carbocycles. The lowest BCUT2D eigenvalue weighted by molar-refractivity contribution is 0.229. The van der Waals surface area contributed by atoms with Crippen molar-refractivity contribution >= 4 is 23.3 Å². The molecule has 0 aliphatic carbocycles. The number of aliphatic hydroxyl groups excluding tert-OH is 1. The molecule has 0 fully saturated rings. The van der Waals surface area contributed by atoms with E-state index in [2.05, 4.69) is 10.6 Å². The van der Waals surface area contributed by atoms with Gasteiger partial charge in [0, 0.05) is 10.7 Å². The summed E-state index contributed by atoms with van der Waals surface area (Å²) in [6.45, 7) is 1.62. The molecule has 0 heterocycles. The van der Waals surface area contributed by atoms with Crippen LogP contribution in [0.5, 0.6) is 0 Å². The second-order valence-corrected chi connectivity index (χ2v) is 3.63. The summed E-state index contributed by atoms with van der Waals surface area (Å²) >= 11 is 5.69. The van der Waals surface area contributed by atoms with Crippen LogP contribution in [0.2, 0.25) is 5.02 Å². The minimum absolute atomic E-state index is 0.0892. The van der Waals surface area contributed by atoms with Crippen molar-refractivity contribution in [3.63, 3.8) is 0 Å². The fourth-order valence-corrected chi connectivity index (χ4v) is 1.10. The lowest BCUT2D eigenvalue weighted by Crippen LogP contribution is -2.38. The molecular formula is C10H13ClN2O2. The molecule has 0 bridgehead atoms. The van der Waals surface area contributed by atoms with Crippen molar-refractivity contribution in [3.05, 3.63) is 29.3 Å². The molecule has 0 saturated heterocycles. The van der Waals surface area contributed by atoms with Gasteiger partial charge in [0.05, 0.1) is 12.6 Å². The Morgan fingerprint density at radius 3 is 2.60 bits per heavy atom. The van der Waals surface area contributed by atoms with Crippen molar-refractivity contribution in [2.24, 2.45) is 0 Å². The van der Waals surface area contributed by atoms with E-state index >= 15 is 0 Å². The standard InChI is InChI=1S/C10H13ClN2O2/c1-7(6-14)12-10(15)13-9-4-2-8(11)3-5-9/h2-5,7,14H,6H2,1H3,(H2,12,13,15)/t7-/m1/s1. The number of aliphatic hydroxyl groups is 1. The zero-order valence-electron chi connectivity index (χ0n) is 8.33. The maximum Gasteiger partial charge on any atom is 0.319 e. The molecule has 0 aromatic heterocycles. The van der Waals surface area contributed by atoms with Gasteiger partial charge in [-0.1, -0.05) is 11.6 Å². The topological polar surface area (TPSA) is 61.4 Å². The summed E-state index contributed by atoms with van der Waals surface area (Å²) in [5.41, 5.74) is 0.655. The third-order valence-corrected chi connectivity index (χ3v) is 2.01. The molecule has 82 valence electrons. The molecule has 3 N–H and O–H groups in total. The average molecular weight is 229 g/mol. The van der Waals surface area contributed by atoms with Crippen LogP contribution in [0.15, 0.2) is 24.3 Å². The highest BCUT2D eigenvalue weighted by Gasteiger charge is 2.05. The molecular weight excluding hydrogens is 216 g/mol. The number of carbonyl (C=O) groups excluding carboxylic acids is 1. The van der Waals surface area contributed by atoms with Crippen molar-refractivity contribution in [3.8, 4) is 0 Å². The first kappa shape index (κ1) is 11.8. The summed E-state index contributed by atoms with van der Waals surface area (Å²) in [5, 5.41) is 14.5. The Labute approximate surface area is 93.2 Å². The molecule has 5 heteroatoms. The number of benzene rings is 1. The number of amides is 2. The quantitative estimate of drug-likeness (QED) is 0.739. The van der Waals surface area contributed by atoms with Gasteiger partial charge in [0.25, 0.3) is 0 Å². The Bertz CT molecular complexity index is 327. The third kappa shape index (κ3) is 4.18. The lowest BCUT2D eigenvalue weighted by atomic mass is 10.3. The fourth-order valence-electron chi connectivity index (χ4n) is 0.970. The Kier molecular flexibility index (Phi) is 4.39. The van der Waals surface area contributed by atoms with Crippen LogP contribution in [0, 0.1) is 0 Å². The molecule has 0 spiro atoms. The van der Waals surface area contributed by atoms with E-state index < -0.39 is 0 Å². The summed E-state index contributed by atoms with van der Waals surface area (Å²) in [6.07, 6.45) is 0. The number of halogens is 1. The van der Waals surface area contributed by atoms with Crippen molar-refractivity contribution < 1.29 is 9.90 Å². The van der Waals surface area contributed by atoms with Crippen LogP contribution in [-0.2, 0) is 0 Å². The number of hydrogen-bond donors (Lipinski definition) is 3. The Balaban J connectivity index is 2.48. The zero-order chi connectivity index (χ0) is 11.3. The van der Waals surface area contributed by atoms with Gasteiger partial charge in [0.1, 0.15) is 0 Å². The van der Waals surface area contributed by atoms with Gasteiger partial charge in [-0.3, -0.25) is 0 Å². The number of rotatable bonds is 3. The van der Waals surface area contributed by atoms with Gasteiger partial charge in [-0.25, -0.2) is 4.79 Å². The average Bonchev–Trinajstić information content (AvgIpc) is 2.21. The first-order valence-electron chi connectivity index (χ1n) is 4.55. The Hall–Kier alpha value is -1.26. The van der Waals surface area contributed by atoms with Gasteiger partial charge in [-0.2, -0.15) is 0 Å². The van der Waals surface area contributed by atoms with E-state index in [1.54, 1.807) is 31.2 Å². The van der Waals surface area contributed by atoms with Gasteiger partial charge in [-0.15, -0.1) is 0 Å². The molecule has 0 saturated carbocycles. The molecule has 0 unspecified atom stereocenters. The maximum absolute atomic E-state index is 11.3. The maximum atomic E-state index is 11.3. The van der Waals surface area contributed by atoms with E-state index in [-0.39, 0.29) is 18.7 Å². The number of nitrogens with one attached hydrogen (secondary N) is 2. The number of anilines is 1. The molecule has 1 rings (SSSR count). The zero-order valence-corrected chi connectivity index (χ0v) is 9.08. The van der Waals surface area contributed by atoms with Gasteiger partial charge < -0.3 is 15.7 Å². The predicted molar refractivity (Wildman–Crippen MR) is 60.2 cm³/mol. The molecule has 0 aliphatic heterocycles. The number of urea groups is 1. The van der Waals surface area contributed by atoms with E-state index in [1.165, 1.54) is 0 Å². The van der Waals surface area contributed by atoms with Gasteiger partial charge in [-0.05, 0) is 31.2 Å². The van der Waals surface area contributed by atoms with Crippen LogP contribution in [-0.4, -0.2) is 23.8 Å². The molecule has 1 aromatic rings. The lowest BCUT2D eigenvalue weighted by Gasteiger charge is -2.11. The number of hydrogen-bond acceptors (Lipinski definition) is 2. The SMILES string of the molecule is C[C@H](CO)NC(=O)Nc1ccc(Cl)cc1. The van der Waals surface area contributed by atoms with E-state index in [4.69, 9.17) is 16.7 Å². The Morgan fingerprint density at radius 2 is 2.07 bits per heavy atom.